The molecule has 2 heterocycles. The van der Waals surface area contributed by atoms with E-state index in [9.17, 15) is 10.2 Å². The van der Waals surface area contributed by atoms with Crippen LogP contribution in [0, 0.1) is 0 Å². The van der Waals surface area contributed by atoms with Gasteiger partial charge >= 0.3 is 0 Å². The molecule has 2 aliphatic heterocycles. The second-order valence-electron chi connectivity index (χ2n) is 6.72. The van der Waals surface area contributed by atoms with Gasteiger partial charge in [-0.2, -0.15) is 0 Å². The van der Waals surface area contributed by atoms with Crippen LogP contribution < -0.4 is 0 Å². The lowest BCUT2D eigenvalue weighted by atomic mass is 10.0. The number of hydrogen-bond acceptors (Lipinski definition) is 6. The smallest absolute Gasteiger partial charge is 0.276 e. The van der Waals surface area contributed by atoms with E-state index in [0.29, 0.717) is 11.1 Å². The molecule has 8 heteroatoms. The molecule has 150 valence electrons. The first kappa shape index (κ1) is 20.1. The van der Waals surface area contributed by atoms with Crippen LogP contribution in [-0.2, 0) is 29.4 Å². The molecule has 2 aromatic rings. The molecule has 2 saturated heterocycles. The molecule has 6 nitrogen and oxygen atoms in total. The van der Waals surface area contributed by atoms with Gasteiger partial charge in [-0.3, -0.25) is 0 Å². The number of rotatable bonds is 2. The van der Waals surface area contributed by atoms with Crippen molar-refractivity contribution in [3.8, 4) is 0 Å². The summed E-state index contributed by atoms with van der Waals surface area (Å²) in [4.78, 5) is 0. The van der Waals surface area contributed by atoms with Crippen molar-refractivity contribution >= 4 is 23.2 Å². The van der Waals surface area contributed by atoms with Crippen molar-refractivity contribution in [2.24, 2.45) is 0 Å². The maximum atomic E-state index is 10.6. The van der Waals surface area contributed by atoms with Crippen LogP contribution in [0.2, 0.25) is 0 Å². The predicted octanol–water partition coefficient (Wildman–Crippen LogP) is 2.64. The van der Waals surface area contributed by atoms with Crippen molar-refractivity contribution in [1.29, 1.82) is 0 Å². The third-order valence-corrected chi connectivity index (χ3v) is 5.63. The molecule has 0 aliphatic carbocycles. The van der Waals surface area contributed by atoms with Crippen LogP contribution in [0.15, 0.2) is 60.7 Å². The summed E-state index contributed by atoms with van der Waals surface area (Å²) >= 11 is 13.2. The zero-order valence-corrected chi connectivity index (χ0v) is 16.3. The molecule has 0 aromatic heterocycles. The van der Waals surface area contributed by atoms with Gasteiger partial charge in [-0.05, 0) is 0 Å². The molecule has 2 N–H and O–H groups in total. The van der Waals surface area contributed by atoms with E-state index in [1.54, 1.807) is 48.5 Å². The summed E-state index contributed by atoms with van der Waals surface area (Å²) in [5.74, 6) is 0. The third-order valence-electron chi connectivity index (χ3n) is 4.80. The van der Waals surface area contributed by atoms with E-state index >= 15 is 0 Å². The van der Waals surface area contributed by atoms with Crippen LogP contribution in [0.1, 0.15) is 11.1 Å². The van der Waals surface area contributed by atoms with Gasteiger partial charge in [-0.1, -0.05) is 83.9 Å². The molecule has 0 bridgehead atoms. The van der Waals surface area contributed by atoms with Crippen LogP contribution in [0.25, 0.3) is 0 Å². The van der Waals surface area contributed by atoms with E-state index in [0.717, 1.165) is 0 Å². The Hall–Kier alpha value is -1.22. The van der Waals surface area contributed by atoms with Crippen molar-refractivity contribution in [1.82, 2.24) is 0 Å². The minimum atomic E-state index is -1.67. The minimum absolute atomic E-state index is 0.0303. The highest BCUT2D eigenvalue weighted by Gasteiger charge is 2.52. The molecule has 0 saturated carbocycles. The molecule has 0 amide bonds. The summed E-state index contributed by atoms with van der Waals surface area (Å²) < 4.78 is 23.2. The second kappa shape index (κ2) is 7.89. The molecule has 2 aliphatic rings. The topological polar surface area (TPSA) is 77.4 Å². The maximum absolute atomic E-state index is 10.6. The summed E-state index contributed by atoms with van der Waals surface area (Å²) in [5.41, 5.74) is 1.11. The largest absolute Gasteiger partial charge is 0.388 e. The van der Waals surface area contributed by atoms with Crippen molar-refractivity contribution in [2.75, 3.05) is 13.2 Å². The van der Waals surface area contributed by atoms with E-state index in [-0.39, 0.29) is 13.2 Å². The van der Waals surface area contributed by atoms with Gasteiger partial charge in [-0.15, -0.1) is 0 Å². The minimum Gasteiger partial charge on any atom is -0.388 e. The highest BCUT2D eigenvalue weighted by molar-refractivity contribution is 6.22. The van der Waals surface area contributed by atoms with E-state index < -0.39 is 34.9 Å². The van der Waals surface area contributed by atoms with Crippen LogP contribution in [0.4, 0.5) is 0 Å². The lowest BCUT2D eigenvalue weighted by Gasteiger charge is -2.47. The molecule has 28 heavy (non-hydrogen) atoms. The Balaban J connectivity index is 1.64. The molecule has 4 rings (SSSR count). The monoisotopic (exact) mass is 426 g/mol. The first-order valence-electron chi connectivity index (χ1n) is 8.90. The summed E-state index contributed by atoms with van der Waals surface area (Å²) in [7, 11) is 0. The zero-order valence-electron chi connectivity index (χ0n) is 14.8. The SMILES string of the molecule is O[C@H]1[C@@H]2OC(Cl)(c3ccccc3)OC[C@@H]2OC(Cl)(c2ccccc2)OC[C@H]1O. The Kier molecular flexibility index (Phi) is 5.66. The molecule has 2 unspecified atom stereocenters. The number of hydrogen-bond donors (Lipinski definition) is 2. The zero-order chi connectivity index (χ0) is 19.8. The summed E-state index contributed by atoms with van der Waals surface area (Å²) in [6.07, 6.45) is -4.40. The molecule has 0 spiro atoms. The maximum Gasteiger partial charge on any atom is 0.276 e. The van der Waals surface area contributed by atoms with Gasteiger partial charge in [0.05, 0.1) is 13.2 Å². The third kappa shape index (κ3) is 3.79. The molecule has 6 atom stereocenters. The quantitative estimate of drug-likeness (QED) is 0.718. The first-order chi connectivity index (χ1) is 13.4. The number of aliphatic hydroxyl groups is 2. The van der Waals surface area contributed by atoms with E-state index in [4.69, 9.17) is 42.1 Å². The summed E-state index contributed by atoms with van der Waals surface area (Å²) in [5, 5.41) is 17.7. The van der Waals surface area contributed by atoms with Gasteiger partial charge in [0.25, 0.3) is 10.5 Å². The van der Waals surface area contributed by atoms with Crippen LogP contribution >= 0.6 is 23.2 Å². The van der Waals surface area contributed by atoms with Crippen LogP contribution in [0.3, 0.4) is 0 Å². The Morgan fingerprint density at radius 3 is 1.82 bits per heavy atom. The fourth-order valence-corrected chi connectivity index (χ4v) is 3.87. The van der Waals surface area contributed by atoms with Gasteiger partial charge in [0.2, 0.25) is 0 Å². The average molecular weight is 427 g/mol. The Morgan fingerprint density at radius 2 is 1.25 bits per heavy atom. The normalized spacial score (nSPS) is 38.9. The van der Waals surface area contributed by atoms with Gasteiger partial charge < -0.3 is 29.2 Å². The Bertz CT molecular complexity index is 794. The Morgan fingerprint density at radius 1 is 0.750 bits per heavy atom. The second-order valence-corrected chi connectivity index (χ2v) is 7.72. The molecule has 0 radical (unpaired) electrons. The molecule has 2 fully saturated rings. The fraction of sp³-hybridized carbons (Fsp3) is 0.400. The fourth-order valence-electron chi connectivity index (χ4n) is 3.28. The molecular formula is C20H20Cl2O6. The van der Waals surface area contributed by atoms with Crippen molar-refractivity contribution in [3.05, 3.63) is 71.8 Å². The Labute approximate surface area is 172 Å². The van der Waals surface area contributed by atoms with Gasteiger partial charge in [0, 0.05) is 11.1 Å². The van der Waals surface area contributed by atoms with Crippen LogP contribution in [-0.4, -0.2) is 47.8 Å². The van der Waals surface area contributed by atoms with Crippen LogP contribution in [0.5, 0.6) is 0 Å². The van der Waals surface area contributed by atoms with E-state index in [2.05, 4.69) is 0 Å². The molecular weight excluding hydrogens is 407 g/mol. The van der Waals surface area contributed by atoms with Crippen molar-refractivity contribution in [3.63, 3.8) is 0 Å². The van der Waals surface area contributed by atoms with Gasteiger partial charge in [-0.25, -0.2) is 0 Å². The average Bonchev–Trinajstić information content (AvgIpc) is 2.73. The number of alkyl halides is 2. The predicted molar refractivity (Wildman–Crippen MR) is 102 cm³/mol. The van der Waals surface area contributed by atoms with Gasteiger partial charge in [0.15, 0.2) is 0 Å². The van der Waals surface area contributed by atoms with Gasteiger partial charge in [0.1, 0.15) is 24.4 Å². The lowest BCUT2D eigenvalue weighted by Crippen LogP contribution is -2.60. The van der Waals surface area contributed by atoms with E-state index in [1.165, 1.54) is 0 Å². The van der Waals surface area contributed by atoms with Crippen molar-refractivity contribution < 1.29 is 29.2 Å². The van der Waals surface area contributed by atoms with Crippen molar-refractivity contribution in [2.45, 2.75) is 34.9 Å². The number of aliphatic hydroxyl groups excluding tert-OH is 2. The highest BCUT2D eigenvalue weighted by atomic mass is 35.5. The number of ether oxygens (including phenoxy) is 4. The number of fused-ring (bicyclic) bond motifs is 1. The highest BCUT2D eigenvalue weighted by Crippen LogP contribution is 2.43. The standard InChI is InChI=1S/C20H20Cl2O6/c21-19(13-7-3-1-4-8-13)25-11-15(23)17(24)18-16(27-19)12-26-20(22,28-18)14-9-5-2-6-10-14/h1-10,15-18,23-24H,11-12H2/t15-,16+,17-,18-,19?,20?/m1/s1. The number of benzene rings is 2. The van der Waals surface area contributed by atoms with E-state index in [1.807, 2.05) is 12.1 Å². The number of halogens is 2. The summed E-state index contributed by atoms with van der Waals surface area (Å²) in [6.45, 7) is -0.287. The summed E-state index contributed by atoms with van der Waals surface area (Å²) in [6, 6.07) is 17.8. The molecule has 2 aromatic carbocycles. The lowest BCUT2D eigenvalue weighted by molar-refractivity contribution is -0.357. The first-order valence-corrected chi connectivity index (χ1v) is 9.65.